The predicted molar refractivity (Wildman–Crippen MR) is 61.5 cm³/mol. The van der Waals surface area contributed by atoms with Gasteiger partial charge in [-0.05, 0) is 38.1 Å². The van der Waals surface area contributed by atoms with Crippen LogP contribution in [0.1, 0.15) is 24.3 Å². The molecule has 0 saturated heterocycles. The van der Waals surface area contributed by atoms with Crippen molar-refractivity contribution in [1.82, 2.24) is 0 Å². The van der Waals surface area contributed by atoms with Crippen LogP contribution in [0.15, 0.2) is 24.3 Å². The van der Waals surface area contributed by atoms with Gasteiger partial charge >= 0.3 is 0 Å². The number of carbonyl (C=O) groups is 1. The van der Waals surface area contributed by atoms with E-state index in [2.05, 4.69) is 0 Å². The van der Waals surface area contributed by atoms with Crippen LogP contribution in [0.2, 0.25) is 0 Å². The SMILES string of the molecule is Cc1ccc(C(=O)c2ccc(C)s2)s1. The van der Waals surface area contributed by atoms with E-state index in [0.717, 1.165) is 9.75 Å². The molecule has 1 nitrogen and oxygen atoms in total. The third kappa shape index (κ3) is 1.79. The molecule has 0 aliphatic carbocycles. The molecule has 2 aromatic rings. The van der Waals surface area contributed by atoms with Gasteiger partial charge in [-0.2, -0.15) is 0 Å². The zero-order valence-electron chi connectivity index (χ0n) is 8.03. The van der Waals surface area contributed by atoms with Crippen molar-refractivity contribution in [3.8, 4) is 0 Å². The number of thiophene rings is 2. The minimum Gasteiger partial charge on any atom is -0.287 e. The normalized spacial score (nSPS) is 10.4. The summed E-state index contributed by atoms with van der Waals surface area (Å²) in [6.45, 7) is 4.03. The van der Waals surface area contributed by atoms with Crippen LogP contribution in [-0.2, 0) is 0 Å². The summed E-state index contributed by atoms with van der Waals surface area (Å²) in [6, 6.07) is 7.77. The van der Waals surface area contributed by atoms with Crippen molar-refractivity contribution in [3.63, 3.8) is 0 Å². The molecular formula is C11H10OS2. The van der Waals surface area contributed by atoms with Crippen LogP contribution in [-0.4, -0.2) is 5.78 Å². The van der Waals surface area contributed by atoms with E-state index in [4.69, 9.17) is 0 Å². The summed E-state index contributed by atoms with van der Waals surface area (Å²) in [5.74, 6) is 0.154. The van der Waals surface area contributed by atoms with Gasteiger partial charge in [0.15, 0.2) is 0 Å². The lowest BCUT2D eigenvalue weighted by atomic mass is 10.3. The Labute approximate surface area is 91.0 Å². The molecular weight excluding hydrogens is 212 g/mol. The van der Waals surface area contributed by atoms with Crippen LogP contribution in [0.4, 0.5) is 0 Å². The molecule has 0 saturated carbocycles. The van der Waals surface area contributed by atoms with Crippen LogP contribution in [0, 0.1) is 13.8 Å². The number of hydrogen-bond acceptors (Lipinski definition) is 3. The van der Waals surface area contributed by atoms with Crippen LogP contribution >= 0.6 is 22.7 Å². The molecule has 0 aliphatic rings. The largest absolute Gasteiger partial charge is 0.287 e. The summed E-state index contributed by atoms with van der Waals surface area (Å²) in [5, 5.41) is 0. The Bertz CT molecular complexity index is 423. The smallest absolute Gasteiger partial charge is 0.212 e. The summed E-state index contributed by atoms with van der Waals surface area (Å²) in [5.41, 5.74) is 0. The molecule has 0 spiro atoms. The van der Waals surface area contributed by atoms with Gasteiger partial charge in [-0.3, -0.25) is 4.79 Å². The maximum atomic E-state index is 11.9. The molecule has 0 fully saturated rings. The highest BCUT2D eigenvalue weighted by atomic mass is 32.1. The summed E-state index contributed by atoms with van der Waals surface area (Å²) in [7, 11) is 0. The average Bonchev–Trinajstić information content (AvgIpc) is 2.73. The zero-order chi connectivity index (χ0) is 10.1. The van der Waals surface area contributed by atoms with Crippen molar-refractivity contribution in [2.24, 2.45) is 0 Å². The highest BCUT2D eigenvalue weighted by molar-refractivity contribution is 7.17. The molecule has 0 aliphatic heterocycles. The van der Waals surface area contributed by atoms with Gasteiger partial charge in [0.2, 0.25) is 5.78 Å². The molecule has 0 radical (unpaired) electrons. The second kappa shape index (κ2) is 3.67. The van der Waals surface area contributed by atoms with Crippen molar-refractivity contribution in [1.29, 1.82) is 0 Å². The van der Waals surface area contributed by atoms with Gasteiger partial charge in [0, 0.05) is 9.75 Å². The fraction of sp³-hybridized carbons (Fsp3) is 0.182. The minimum absolute atomic E-state index is 0.154. The highest BCUT2D eigenvalue weighted by Crippen LogP contribution is 2.23. The Morgan fingerprint density at radius 2 is 1.36 bits per heavy atom. The zero-order valence-corrected chi connectivity index (χ0v) is 9.67. The average molecular weight is 222 g/mol. The topological polar surface area (TPSA) is 17.1 Å². The van der Waals surface area contributed by atoms with E-state index in [1.165, 1.54) is 9.75 Å². The second-order valence-corrected chi connectivity index (χ2v) is 5.73. The van der Waals surface area contributed by atoms with Gasteiger partial charge < -0.3 is 0 Å². The molecule has 72 valence electrons. The number of ketones is 1. The standard InChI is InChI=1S/C11H10OS2/c1-7-3-5-9(13-7)11(12)10-6-4-8(2)14-10/h3-6H,1-2H3. The predicted octanol–water partition coefficient (Wildman–Crippen LogP) is 3.66. The van der Waals surface area contributed by atoms with Crippen molar-refractivity contribution in [2.45, 2.75) is 13.8 Å². The summed E-state index contributed by atoms with van der Waals surface area (Å²) >= 11 is 3.11. The van der Waals surface area contributed by atoms with Gasteiger partial charge in [0.1, 0.15) is 0 Å². The quantitative estimate of drug-likeness (QED) is 0.709. The van der Waals surface area contributed by atoms with Gasteiger partial charge in [0.05, 0.1) is 9.75 Å². The van der Waals surface area contributed by atoms with E-state index >= 15 is 0 Å². The number of hydrogen-bond donors (Lipinski definition) is 0. The molecule has 2 aromatic heterocycles. The Balaban J connectivity index is 2.33. The number of rotatable bonds is 2. The first-order valence-corrected chi connectivity index (χ1v) is 5.97. The Hall–Kier alpha value is -0.930. The molecule has 0 unspecified atom stereocenters. The maximum Gasteiger partial charge on any atom is 0.212 e. The van der Waals surface area contributed by atoms with Crippen molar-refractivity contribution < 1.29 is 4.79 Å². The van der Waals surface area contributed by atoms with Crippen molar-refractivity contribution in [3.05, 3.63) is 43.8 Å². The van der Waals surface area contributed by atoms with Gasteiger partial charge in [-0.15, -0.1) is 22.7 Å². The molecule has 0 bridgehead atoms. The molecule has 14 heavy (non-hydrogen) atoms. The van der Waals surface area contributed by atoms with Gasteiger partial charge in [-0.1, -0.05) is 0 Å². The fourth-order valence-corrected chi connectivity index (χ4v) is 2.94. The van der Waals surface area contributed by atoms with Gasteiger partial charge in [-0.25, -0.2) is 0 Å². The highest BCUT2D eigenvalue weighted by Gasteiger charge is 2.12. The van der Waals surface area contributed by atoms with Crippen LogP contribution in [0.5, 0.6) is 0 Å². The van der Waals surface area contributed by atoms with Crippen LogP contribution < -0.4 is 0 Å². The second-order valence-electron chi connectivity index (χ2n) is 3.15. The third-order valence-electron chi connectivity index (χ3n) is 1.93. The monoisotopic (exact) mass is 222 g/mol. The van der Waals surface area contributed by atoms with E-state index in [0.29, 0.717) is 0 Å². The summed E-state index contributed by atoms with van der Waals surface area (Å²) in [6.07, 6.45) is 0. The van der Waals surface area contributed by atoms with E-state index in [1.807, 2.05) is 38.1 Å². The van der Waals surface area contributed by atoms with Crippen molar-refractivity contribution >= 4 is 28.5 Å². The van der Waals surface area contributed by atoms with Crippen molar-refractivity contribution in [2.75, 3.05) is 0 Å². The molecule has 2 heterocycles. The summed E-state index contributed by atoms with van der Waals surface area (Å²) in [4.78, 5) is 15.9. The molecule has 0 amide bonds. The first-order chi connectivity index (χ1) is 6.66. The van der Waals surface area contributed by atoms with Gasteiger partial charge in [0.25, 0.3) is 0 Å². The first-order valence-electron chi connectivity index (χ1n) is 4.34. The molecule has 2 rings (SSSR count). The van der Waals surface area contributed by atoms with E-state index in [1.54, 1.807) is 22.7 Å². The molecule has 0 N–H and O–H groups in total. The maximum absolute atomic E-state index is 11.9. The molecule has 0 atom stereocenters. The Kier molecular flexibility index (Phi) is 2.52. The molecule has 3 heteroatoms. The van der Waals surface area contributed by atoms with E-state index in [-0.39, 0.29) is 5.78 Å². The first kappa shape index (κ1) is 9.62. The van der Waals surface area contributed by atoms with E-state index < -0.39 is 0 Å². The fourth-order valence-electron chi connectivity index (χ4n) is 1.23. The third-order valence-corrected chi connectivity index (χ3v) is 3.93. The number of carbonyl (C=O) groups excluding carboxylic acids is 1. The Morgan fingerprint density at radius 1 is 0.929 bits per heavy atom. The lowest BCUT2D eigenvalue weighted by molar-refractivity contribution is 0.104. The van der Waals surface area contributed by atoms with E-state index in [9.17, 15) is 4.79 Å². The van der Waals surface area contributed by atoms with Crippen LogP contribution in [0.3, 0.4) is 0 Å². The van der Waals surface area contributed by atoms with Crippen LogP contribution in [0.25, 0.3) is 0 Å². The molecule has 0 aromatic carbocycles. The minimum atomic E-state index is 0.154. The Morgan fingerprint density at radius 3 is 1.64 bits per heavy atom. The lowest BCUT2D eigenvalue weighted by Gasteiger charge is -1.91. The number of aryl methyl sites for hydroxylation is 2. The summed E-state index contributed by atoms with van der Waals surface area (Å²) < 4.78 is 0. The lowest BCUT2D eigenvalue weighted by Crippen LogP contribution is -1.93.